The summed E-state index contributed by atoms with van der Waals surface area (Å²) in [6.07, 6.45) is 11.6. The van der Waals surface area contributed by atoms with Gasteiger partial charge in [0.15, 0.2) is 0 Å². The van der Waals surface area contributed by atoms with Crippen LogP contribution >= 0.6 is 0 Å². The van der Waals surface area contributed by atoms with Gasteiger partial charge >= 0.3 is 0 Å². The van der Waals surface area contributed by atoms with Crippen molar-refractivity contribution in [1.82, 2.24) is 4.90 Å². The third-order valence-corrected chi connectivity index (χ3v) is 4.50. The molecule has 2 saturated carbocycles. The van der Waals surface area contributed by atoms with Crippen LogP contribution in [0.5, 0.6) is 0 Å². The van der Waals surface area contributed by atoms with E-state index >= 15 is 0 Å². The minimum Gasteiger partial charge on any atom is -0.393 e. The third-order valence-electron chi connectivity index (χ3n) is 4.50. The average Bonchev–Trinajstić information content (AvgIpc) is 2.31. The summed E-state index contributed by atoms with van der Waals surface area (Å²) in [7, 11) is 0. The number of hydrogen-bond acceptors (Lipinski definition) is 2. The first-order valence-electron chi connectivity index (χ1n) is 7.25. The molecule has 0 spiro atoms. The van der Waals surface area contributed by atoms with Crippen LogP contribution in [0.3, 0.4) is 0 Å². The molecule has 2 atom stereocenters. The fourth-order valence-electron chi connectivity index (χ4n) is 3.67. The molecule has 2 aliphatic carbocycles. The maximum atomic E-state index is 9.80. The SMILES string of the molecule is CCN(C1CCCCC1)C1CCCC(O)C1. The summed E-state index contributed by atoms with van der Waals surface area (Å²) in [4.78, 5) is 2.70. The van der Waals surface area contributed by atoms with E-state index in [9.17, 15) is 5.11 Å². The lowest BCUT2D eigenvalue weighted by atomic mass is 9.87. The van der Waals surface area contributed by atoms with Crippen LogP contribution in [0.25, 0.3) is 0 Å². The highest BCUT2D eigenvalue weighted by atomic mass is 16.3. The van der Waals surface area contributed by atoms with Gasteiger partial charge in [-0.1, -0.05) is 26.2 Å². The molecule has 2 aliphatic rings. The molecular formula is C14H27NO. The van der Waals surface area contributed by atoms with Crippen LogP contribution in [0.4, 0.5) is 0 Å². The first kappa shape index (κ1) is 12.4. The second kappa shape index (κ2) is 6.02. The van der Waals surface area contributed by atoms with Crippen molar-refractivity contribution in [3.05, 3.63) is 0 Å². The molecule has 0 bridgehead atoms. The Labute approximate surface area is 100 Å². The highest BCUT2D eigenvalue weighted by Crippen LogP contribution is 2.29. The van der Waals surface area contributed by atoms with E-state index in [1.807, 2.05) is 0 Å². The van der Waals surface area contributed by atoms with Crippen LogP contribution in [0.2, 0.25) is 0 Å². The lowest BCUT2D eigenvalue weighted by Crippen LogP contribution is -2.46. The highest BCUT2D eigenvalue weighted by molar-refractivity contribution is 4.85. The van der Waals surface area contributed by atoms with Crippen LogP contribution in [0.15, 0.2) is 0 Å². The van der Waals surface area contributed by atoms with Crippen molar-refractivity contribution < 1.29 is 5.11 Å². The molecule has 0 aromatic rings. The van der Waals surface area contributed by atoms with Crippen LogP contribution in [0, 0.1) is 0 Å². The summed E-state index contributed by atoms with van der Waals surface area (Å²) in [5.41, 5.74) is 0. The van der Waals surface area contributed by atoms with Crippen molar-refractivity contribution in [2.45, 2.75) is 82.9 Å². The summed E-state index contributed by atoms with van der Waals surface area (Å²) in [6, 6.07) is 1.48. The van der Waals surface area contributed by atoms with Gasteiger partial charge in [0.25, 0.3) is 0 Å². The number of rotatable bonds is 3. The first-order valence-corrected chi connectivity index (χ1v) is 7.25. The zero-order chi connectivity index (χ0) is 11.4. The minimum absolute atomic E-state index is 0.0311. The molecule has 2 fully saturated rings. The molecule has 2 rings (SSSR count). The van der Waals surface area contributed by atoms with Crippen molar-refractivity contribution in [3.8, 4) is 0 Å². The molecule has 0 radical (unpaired) electrons. The highest BCUT2D eigenvalue weighted by Gasteiger charge is 2.29. The van der Waals surface area contributed by atoms with Gasteiger partial charge in [-0.15, -0.1) is 0 Å². The van der Waals surface area contributed by atoms with E-state index in [-0.39, 0.29) is 6.10 Å². The molecule has 2 unspecified atom stereocenters. The Morgan fingerprint density at radius 3 is 2.25 bits per heavy atom. The van der Waals surface area contributed by atoms with Gasteiger partial charge in [0.1, 0.15) is 0 Å². The second-order valence-corrected chi connectivity index (χ2v) is 5.60. The van der Waals surface area contributed by atoms with E-state index < -0.39 is 0 Å². The average molecular weight is 225 g/mol. The lowest BCUT2D eigenvalue weighted by molar-refractivity contribution is 0.0331. The molecule has 2 heteroatoms. The monoisotopic (exact) mass is 225 g/mol. The van der Waals surface area contributed by atoms with Gasteiger partial charge in [-0.3, -0.25) is 4.90 Å². The van der Waals surface area contributed by atoms with Crippen molar-refractivity contribution in [3.63, 3.8) is 0 Å². The van der Waals surface area contributed by atoms with Gasteiger partial charge in [0, 0.05) is 12.1 Å². The zero-order valence-electron chi connectivity index (χ0n) is 10.7. The molecule has 0 aromatic carbocycles. The molecule has 0 saturated heterocycles. The van der Waals surface area contributed by atoms with E-state index in [0.29, 0.717) is 6.04 Å². The van der Waals surface area contributed by atoms with E-state index in [2.05, 4.69) is 11.8 Å². The molecule has 0 heterocycles. The first-order chi connectivity index (χ1) is 7.81. The standard InChI is InChI=1S/C14H27NO/c1-2-15(12-7-4-3-5-8-12)13-9-6-10-14(16)11-13/h12-14,16H,2-11H2,1H3. The van der Waals surface area contributed by atoms with Crippen molar-refractivity contribution in [1.29, 1.82) is 0 Å². The van der Waals surface area contributed by atoms with E-state index in [0.717, 1.165) is 18.9 Å². The summed E-state index contributed by atoms with van der Waals surface area (Å²) in [5.74, 6) is 0. The molecule has 2 nitrogen and oxygen atoms in total. The Kier molecular flexibility index (Phi) is 4.66. The van der Waals surface area contributed by atoms with Crippen LogP contribution in [-0.2, 0) is 0 Å². The van der Waals surface area contributed by atoms with Crippen LogP contribution in [-0.4, -0.2) is 34.7 Å². The van der Waals surface area contributed by atoms with E-state index in [1.54, 1.807) is 0 Å². The molecule has 16 heavy (non-hydrogen) atoms. The Morgan fingerprint density at radius 1 is 0.938 bits per heavy atom. The molecule has 0 aromatic heterocycles. The Morgan fingerprint density at radius 2 is 1.62 bits per heavy atom. The van der Waals surface area contributed by atoms with Crippen LogP contribution in [0.1, 0.15) is 64.7 Å². The van der Waals surface area contributed by atoms with Crippen LogP contribution < -0.4 is 0 Å². The van der Waals surface area contributed by atoms with Crippen molar-refractivity contribution in [2.75, 3.05) is 6.54 Å². The third kappa shape index (κ3) is 2.98. The maximum Gasteiger partial charge on any atom is 0.0555 e. The predicted molar refractivity (Wildman–Crippen MR) is 67.5 cm³/mol. The fraction of sp³-hybridized carbons (Fsp3) is 1.00. The van der Waals surface area contributed by atoms with E-state index in [4.69, 9.17) is 0 Å². The van der Waals surface area contributed by atoms with Crippen molar-refractivity contribution in [2.24, 2.45) is 0 Å². The summed E-state index contributed by atoms with van der Waals surface area (Å²) >= 11 is 0. The number of nitrogens with zero attached hydrogens (tertiary/aromatic N) is 1. The molecule has 0 aliphatic heterocycles. The largest absolute Gasteiger partial charge is 0.393 e. The van der Waals surface area contributed by atoms with Gasteiger partial charge in [0.2, 0.25) is 0 Å². The Bertz CT molecular complexity index is 201. The smallest absolute Gasteiger partial charge is 0.0555 e. The summed E-state index contributed by atoms with van der Waals surface area (Å²) < 4.78 is 0. The Balaban J connectivity index is 1.91. The normalized spacial score (nSPS) is 33.2. The quantitative estimate of drug-likeness (QED) is 0.798. The zero-order valence-corrected chi connectivity index (χ0v) is 10.7. The van der Waals surface area contributed by atoms with Gasteiger partial charge in [-0.25, -0.2) is 0 Å². The Hall–Kier alpha value is -0.0800. The molecule has 1 N–H and O–H groups in total. The number of aliphatic hydroxyl groups excluding tert-OH is 1. The number of aliphatic hydroxyl groups is 1. The second-order valence-electron chi connectivity index (χ2n) is 5.60. The lowest BCUT2D eigenvalue weighted by Gasteiger charge is -2.42. The van der Waals surface area contributed by atoms with Gasteiger partial charge in [-0.2, -0.15) is 0 Å². The number of hydrogen-bond donors (Lipinski definition) is 1. The van der Waals surface area contributed by atoms with E-state index in [1.165, 1.54) is 51.5 Å². The van der Waals surface area contributed by atoms with Crippen molar-refractivity contribution >= 4 is 0 Å². The molecule has 94 valence electrons. The fourth-order valence-corrected chi connectivity index (χ4v) is 3.67. The van der Waals surface area contributed by atoms with Gasteiger partial charge < -0.3 is 5.11 Å². The minimum atomic E-state index is -0.0311. The summed E-state index contributed by atoms with van der Waals surface area (Å²) in [6.45, 7) is 3.46. The molecular weight excluding hydrogens is 198 g/mol. The predicted octanol–water partition coefficient (Wildman–Crippen LogP) is 2.94. The summed E-state index contributed by atoms with van der Waals surface area (Å²) in [5, 5.41) is 9.80. The topological polar surface area (TPSA) is 23.5 Å². The molecule has 0 amide bonds. The van der Waals surface area contributed by atoms with Gasteiger partial charge in [0.05, 0.1) is 6.10 Å². The maximum absolute atomic E-state index is 9.80. The van der Waals surface area contributed by atoms with Gasteiger partial charge in [-0.05, 0) is 45.1 Å².